The smallest absolute Gasteiger partial charge is 0.309 e. The molecule has 1 N–H and O–H groups in total. The molecule has 1 heterocycles. The summed E-state index contributed by atoms with van der Waals surface area (Å²) >= 11 is 0. The largest absolute Gasteiger partial charge is 0.481 e. The van der Waals surface area contributed by atoms with Gasteiger partial charge in [0.25, 0.3) is 0 Å². The van der Waals surface area contributed by atoms with Gasteiger partial charge in [0, 0.05) is 12.6 Å². The molecule has 0 amide bonds. The first-order chi connectivity index (χ1) is 8.66. The van der Waals surface area contributed by atoms with E-state index < -0.39 is 5.97 Å². The summed E-state index contributed by atoms with van der Waals surface area (Å²) in [5, 5.41) is 11.5. The van der Waals surface area contributed by atoms with Crippen molar-refractivity contribution in [1.82, 2.24) is 4.90 Å². The third-order valence-electron chi connectivity index (χ3n) is 3.77. The molecule has 2 atom stereocenters. The van der Waals surface area contributed by atoms with Crippen LogP contribution in [-0.2, 0) is 4.79 Å². The average molecular weight is 241 g/mol. The fourth-order valence-electron chi connectivity index (χ4n) is 2.78. The second-order valence-electron chi connectivity index (χ2n) is 4.94. The fraction of sp³-hybridized carbons (Fsp3) is 0.267. The van der Waals surface area contributed by atoms with Crippen molar-refractivity contribution in [2.45, 2.75) is 6.04 Å². The van der Waals surface area contributed by atoms with Crippen molar-refractivity contribution in [2.24, 2.45) is 5.92 Å². The molecular weight excluding hydrogens is 226 g/mol. The van der Waals surface area contributed by atoms with Gasteiger partial charge in [-0.3, -0.25) is 9.69 Å². The Labute approximate surface area is 106 Å². The third-order valence-corrected chi connectivity index (χ3v) is 3.77. The van der Waals surface area contributed by atoms with E-state index in [1.165, 1.54) is 10.8 Å². The van der Waals surface area contributed by atoms with Crippen molar-refractivity contribution >= 4 is 16.7 Å². The minimum Gasteiger partial charge on any atom is -0.481 e. The highest BCUT2D eigenvalue weighted by molar-refractivity contribution is 5.83. The van der Waals surface area contributed by atoms with Gasteiger partial charge in [0.2, 0.25) is 0 Å². The van der Waals surface area contributed by atoms with E-state index >= 15 is 0 Å². The zero-order chi connectivity index (χ0) is 12.7. The van der Waals surface area contributed by atoms with Crippen LogP contribution in [0.15, 0.2) is 42.5 Å². The number of hydrogen-bond donors (Lipinski definition) is 1. The van der Waals surface area contributed by atoms with Crippen LogP contribution >= 0.6 is 0 Å². The van der Waals surface area contributed by atoms with Gasteiger partial charge in [0.15, 0.2) is 0 Å². The number of carboxylic acids is 1. The molecule has 1 saturated heterocycles. The van der Waals surface area contributed by atoms with E-state index in [1.54, 1.807) is 0 Å². The molecule has 0 radical (unpaired) electrons. The predicted octanol–water partition coefficient (Wildman–Crippen LogP) is 2.53. The molecule has 1 aliphatic heterocycles. The van der Waals surface area contributed by atoms with E-state index in [4.69, 9.17) is 5.11 Å². The molecule has 2 unspecified atom stereocenters. The van der Waals surface area contributed by atoms with Crippen molar-refractivity contribution in [3.05, 3.63) is 48.0 Å². The van der Waals surface area contributed by atoms with Gasteiger partial charge in [0.1, 0.15) is 0 Å². The van der Waals surface area contributed by atoms with Crippen LogP contribution in [-0.4, -0.2) is 29.6 Å². The lowest BCUT2D eigenvalue weighted by molar-refractivity contribution is -0.151. The number of benzene rings is 2. The lowest BCUT2D eigenvalue weighted by Gasteiger charge is -2.44. The third kappa shape index (κ3) is 1.68. The Morgan fingerprint density at radius 1 is 1.22 bits per heavy atom. The second kappa shape index (κ2) is 4.10. The maximum Gasteiger partial charge on any atom is 0.309 e. The van der Waals surface area contributed by atoms with Crippen LogP contribution in [0.2, 0.25) is 0 Å². The quantitative estimate of drug-likeness (QED) is 0.878. The van der Waals surface area contributed by atoms with Crippen molar-refractivity contribution in [1.29, 1.82) is 0 Å². The maximum absolute atomic E-state index is 11.1. The Morgan fingerprint density at radius 2 is 1.94 bits per heavy atom. The number of carboxylic acid groups (broad SMARTS) is 1. The summed E-state index contributed by atoms with van der Waals surface area (Å²) in [6, 6.07) is 14.4. The highest BCUT2D eigenvalue weighted by Crippen LogP contribution is 2.38. The summed E-state index contributed by atoms with van der Waals surface area (Å²) in [6.07, 6.45) is 0. The molecule has 18 heavy (non-hydrogen) atoms. The van der Waals surface area contributed by atoms with Crippen molar-refractivity contribution in [3.8, 4) is 0 Å². The van der Waals surface area contributed by atoms with E-state index in [-0.39, 0.29) is 12.0 Å². The molecule has 3 heteroatoms. The molecule has 3 nitrogen and oxygen atoms in total. The Bertz CT molecular complexity index is 608. The predicted molar refractivity (Wildman–Crippen MR) is 70.4 cm³/mol. The molecule has 0 aliphatic carbocycles. The highest BCUT2D eigenvalue weighted by atomic mass is 16.4. The van der Waals surface area contributed by atoms with Crippen LogP contribution in [0.5, 0.6) is 0 Å². The van der Waals surface area contributed by atoms with Crippen LogP contribution in [0.3, 0.4) is 0 Å². The number of likely N-dealkylation sites (tertiary alicyclic amines) is 1. The van der Waals surface area contributed by atoms with E-state index in [1.807, 2.05) is 25.2 Å². The van der Waals surface area contributed by atoms with Gasteiger partial charge in [-0.1, -0.05) is 36.4 Å². The fourth-order valence-corrected chi connectivity index (χ4v) is 2.78. The standard InChI is InChI=1S/C15H15NO2/c1-16-9-13(15(17)18)14(16)12-7-6-10-4-2-3-5-11(10)8-12/h2-8,13-14H,9H2,1H3,(H,17,18). The first kappa shape index (κ1) is 11.2. The first-order valence-electron chi connectivity index (χ1n) is 6.08. The molecule has 0 spiro atoms. The number of rotatable bonds is 2. The Morgan fingerprint density at radius 3 is 2.61 bits per heavy atom. The van der Waals surface area contributed by atoms with Crippen LogP contribution < -0.4 is 0 Å². The van der Waals surface area contributed by atoms with Crippen molar-refractivity contribution in [2.75, 3.05) is 13.6 Å². The van der Waals surface area contributed by atoms with Gasteiger partial charge < -0.3 is 5.11 Å². The molecule has 92 valence electrons. The molecule has 3 rings (SSSR count). The Kier molecular flexibility index (Phi) is 2.56. The molecule has 2 aromatic carbocycles. The summed E-state index contributed by atoms with van der Waals surface area (Å²) in [4.78, 5) is 13.2. The van der Waals surface area contributed by atoms with E-state index in [2.05, 4.69) is 29.2 Å². The van der Waals surface area contributed by atoms with E-state index in [9.17, 15) is 4.79 Å². The van der Waals surface area contributed by atoms with Gasteiger partial charge in [-0.25, -0.2) is 0 Å². The zero-order valence-corrected chi connectivity index (χ0v) is 10.2. The SMILES string of the molecule is CN1CC(C(=O)O)C1c1ccc2ccccc2c1. The molecule has 1 fully saturated rings. The van der Waals surface area contributed by atoms with Crippen LogP contribution in [0.1, 0.15) is 11.6 Å². The molecule has 0 saturated carbocycles. The summed E-state index contributed by atoms with van der Waals surface area (Å²) in [7, 11) is 1.97. The topological polar surface area (TPSA) is 40.5 Å². The monoisotopic (exact) mass is 241 g/mol. The number of aliphatic carboxylic acids is 1. The number of nitrogens with zero attached hydrogens (tertiary/aromatic N) is 1. The normalized spacial score (nSPS) is 23.8. The second-order valence-corrected chi connectivity index (χ2v) is 4.94. The summed E-state index contributed by atoms with van der Waals surface area (Å²) in [5.74, 6) is -0.984. The Hall–Kier alpha value is -1.87. The van der Waals surface area contributed by atoms with Crippen LogP contribution in [0.25, 0.3) is 10.8 Å². The molecule has 1 aliphatic rings. The first-order valence-corrected chi connectivity index (χ1v) is 6.08. The average Bonchev–Trinajstić information content (AvgIpc) is 2.35. The van der Waals surface area contributed by atoms with Gasteiger partial charge in [-0.05, 0) is 29.4 Å². The number of hydrogen-bond acceptors (Lipinski definition) is 2. The van der Waals surface area contributed by atoms with Crippen molar-refractivity contribution < 1.29 is 9.90 Å². The summed E-state index contributed by atoms with van der Waals surface area (Å²) < 4.78 is 0. The lowest BCUT2D eigenvalue weighted by Crippen LogP contribution is -2.50. The number of fused-ring (bicyclic) bond motifs is 1. The van der Waals surface area contributed by atoms with Gasteiger partial charge in [-0.15, -0.1) is 0 Å². The lowest BCUT2D eigenvalue weighted by atomic mass is 9.83. The molecule has 0 bridgehead atoms. The Balaban J connectivity index is 2.01. The highest BCUT2D eigenvalue weighted by Gasteiger charge is 2.42. The molecule has 2 aromatic rings. The molecular formula is C15H15NO2. The van der Waals surface area contributed by atoms with Gasteiger partial charge in [0.05, 0.1) is 5.92 Å². The minimum absolute atomic E-state index is 0.00658. The van der Waals surface area contributed by atoms with Crippen molar-refractivity contribution in [3.63, 3.8) is 0 Å². The summed E-state index contributed by atoms with van der Waals surface area (Å²) in [5.41, 5.74) is 1.09. The van der Waals surface area contributed by atoms with Crippen LogP contribution in [0.4, 0.5) is 0 Å². The minimum atomic E-state index is -0.703. The van der Waals surface area contributed by atoms with E-state index in [0.717, 1.165) is 5.56 Å². The number of carbonyl (C=O) groups is 1. The summed E-state index contributed by atoms with van der Waals surface area (Å²) in [6.45, 7) is 0.632. The van der Waals surface area contributed by atoms with Crippen LogP contribution in [0, 0.1) is 5.92 Å². The van der Waals surface area contributed by atoms with Gasteiger partial charge >= 0.3 is 5.97 Å². The maximum atomic E-state index is 11.1. The zero-order valence-electron chi connectivity index (χ0n) is 10.2. The van der Waals surface area contributed by atoms with Gasteiger partial charge in [-0.2, -0.15) is 0 Å². The molecule has 0 aromatic heterocycles. The van der Waals surface area contributed by atoms with E-state index in [0.29, 0.717) is 6.54 Å².